The second kappa shape index (κ2) is 6.92. The lowest BCUT2D eigenvalue weighted by Crippen LogP contribution is -2.13. The van der Waals surface area contributed by atoms with E-state index >= 15 is 0 Å². The minimum Gasteiger partial charge on any atom is -0.495 e. The quantitative estimate of drug-likeness (QED) is 0.561. The van der Waals surface area contributed by atoms with Gasteiger partial charge in [-0.2, -0.15) is 0 Å². The molecule has 0 unspecified atom stereocenters. The molecule has 0 bridgehead atoms. The first-order valence-electron chi connectivity index (χ1n) is 8.25. The van der Waals surface area contributed by atoms with Gasteiger partial charge in [0.05, 0.1) is 12.8 Å². The topological polar surface area (TPSA) is 64.4 Å². The largest absolute Gasteiger partial charge is 0.495 e. The molecule has 1 N–H and O–H groups in total. The van der Waals surface area contributed by atoms with Gasteiger partial charge in [-0.15, -0.1) is 0 Å². The lowest BCUT2D eigenvalue weighted by atomic mass is 10.1. The van der Waals surface area contributed by atoms with E-state index in [0.29, 0.717) is 28.5 Å². The van der Waals surface area contributed by atoms with Crippen LogP contribution in [0, 0.1) is 5.82 Å². The van der Waals surface area contributed by atoms with Crippen LogP contribution in [0.5, 0.6) is 5.75 Å². The van der Waals surface area contributed by atoms with Crippen LogP contribution in [0.4, 0.5) is 10.1 Å². The van der Waals surface area contributed by atoms with Crippen LogP contribution in [0.25, 0.3) is 22.6 Å². The predicted molar refractivity (Wildman–Crippen MR) is 100 cm³/mol. The summed E-state index contributed by atoms with van der Waals surface area (Å²) in [6.07, 6.45) is 0. The molecule has 0 fully saturated rings. The zero-order valence-electron chi connectivity index (χ0n) is 14.4. The Labute approximate surface area is 154 Å². The molecule has 1 amide bonds. The molecule has 3 aromatic carbocycles. The summed E-state index contributed by atoms with van der Waals surface area (Å²) >= 11 is 0. The van der Waals surface area contributed by atoms with E-state index in [4.69, 9.17) is 9.15 Å². The number of carbonyl (C=O) groups is 1. The summed E-state index contributed by atoms with van der Waals surface area (Å²) in [6, 6.07) is 18.1. The third-order valence-electron chi connectivity index (χ3n) is 4.08. The first-order valence-corrected chi connectivity index (χ1v) is 8.25. The van der Waals surface area contributed by atoms with Crippen LogP contribution in [0.2, 0.25) is 0 Å². The molecule has 0 atom stereocenters. The van der Waals surface area contributed by atoms with Crippen molar-refractivity contribution in [3.63, 3.8) is 0 Å². The molecule has 1 heterocycles. The summed E-state index contributed by atoms with van der Waals surface area (Å²) in [6.45, 7) is 0. The SMILES string of the molecule is COc1ccc(-c2nc3ccccc3o2)cc1NC(=O)c1cccc(F)c1. The highest BCUT2D eigenvalue weighted by molar-refractivity contribution is 6.05. The zero-order valence-corrected chi connectivity index (χ0v) is 14.4. The highest BCUT2D eigenvalue weighted by atomic mass is 19.1. The van der Waals surface area contributed by atoms with Crippen LogP contribution in [0.3, 0.4) is 0 Å². The number of para-hydroxylation sites is 2. The van der Waals surface area contributed by atoms with Gasteiger partial charge in [-0.3, -0.25) is 4.79 Å². The Morgan fingerprint density at radius 3 is 2.70 bits per heavy atom. The number of oxazole rings is 1. The van der Waals surface area contributed by atoms with Gasteiger partial charge in [0.15, 0.2) is 5.58 Å². The lowest BCUT2D eigenvalue weighted by molar-refractivity contribution is 0.102. The van der Waals surface area contributed by atoms with Crippen molar-refractivity contribution >= 4 is 22.7 Å². The number of fused-ring (bicyclic) bond motifs is 1. The maximum Gasteiger partial charge on any atom is 0.255 e. The molecule has 4 rings (SSSR count). The number of nitrogens with one attached hydrogen (secondary N) is 1. The molecule has 0 aliphatic rings. The van der Waals surface area contributed by atoms with Gasteiger partial charge in [0.1, 0.15) is 17.1 Å². The molecule has 0 saturated heterocycles. The van der Waals surface area contributed by atoms with Gasteiger partial charge in [-0.05, 0) is 48.5 Å². The highest BCUT2D eigenvalue weighted by Gasteiger charge is 2.14. The fraction of sp³-hybridized carbons (Fsp3) is 0.0476. The van der Waals surface area contributed by atoms with E-state index in [0.717, 1.165) is 5.52 Å². The van der Waals surface area contributed by atoms with Crippen molar-refractivity contribution in [3.8, 4) is 17.2 Å². The van der Waals surface area contributed by atoms with Gasteiger partial charge < -0.3 is 14.5 Å². The number of rotatable bonds is 4. The predicted octanol–water partition coefficient (Wildman–Crippen LogP) is 4.89. The molecular weight excluding hydrogens is 347 g/mol. The van der Waals surface area contributed by atoms with Crippen LogP contribution in [-0.4, -0.2) is 18.0 Å². The van der Waals surface area contributed by atoms with E-state index in [1.165, 1.54) is 31.4 Å². The Morgan fingerprint density at radius 1 is 1.07 bits per heavy atom. The normalized spacial score (nSPS) is 10.7. The number of halogens is 1. The summed E-state index contributed by atoms with van der Waals surface area (Å²) < 4.78 is 24.5. The van der Waals surface area contributed by atoms with E-state index in [9.17, 15) is 9.18 Å². The average molecular weight is 362 g/mol. The summed E-state index contributed by atoms with van der Waals surface area (Å²) in [5.74, 6) is -0.0166. The number of amides is 1. The van der Waals surface area contributed by atoms with Crippen molar-refractivity contribution < 1.29 is 18.3 Å². The fourth-order valence-electron chi connectivity index (χ4n) is 2.76. The van der Waals surface area contributed by atoms with Crippen molar-refractivity contribution in [3.05, 3.63) is 78.1 Å². The third kappa shape index (κ3) is 3.37. The third-order valence-corrected chi connectivity index (χ3v) is 4.08. The van der Waals surface area contributed by atoms with E-state index in [2.05, 4.69) is 10.3 Å². The van der Waals surface area contributed by atoms with Crippen molar-refractivity contribution in [2.75, 3.05) is 12.4 Å². The van der Waals surface area contributed by atoms with Gasteiger partial charge >= 0.3 is 0 Å². The van der Waals surface area contributed by atoms with Gasteiger partial charge in [0.25, 0.3) is 5.91 Å². The molecule has 27 heavy (non-hydrogen) atoms. The lowest BCUT2D eigenvalue weighted by Gasteiger charge is -2.11. The molecule has 5 nitrogen and oxygen atoms in total. The first-order chi connectivity index (χ1) is 13.1. The van der Waals surface area contributed by atoms with Crippen molar-refractivity contribution in [1.82, 2.24) is 4.98 Å². The minimum absolute atomic E-state index is 0.212. The number of ether oxygens (including phenoxy) is 1. The summed E-state index contributed by atoms with van der Waals surface area (Å²) in [5.41, 5.74) is 2.75. The number of hydrogen-bond donors (Lipinski definition) is 1. The van der Waals surface area contributed by atoms with Crippen LogP contribution in [0.1, 0.15) is 10.4 Å². The average Bonchev–Trinajstić information content (AvgIpc) is 3.12. The minimum atomic E-state index is -0.477. The summed E-state index contributed by atoms with van der Waals surface area (Å²) in [4.78, 5) is 16.9. The molecule has 0 aliphatic carbocycles. The maximum atomic E-state index is 13.4. The molecule has 6 heteroatoms. The summed E-state index contributed by atoms with van der Waals surface area (Å²) in [7, 11) is 1.51. The molecule has 1 aromatic heterocycles. The highest BCUT2D eigenvalue weighted by Crippen LogP contribution is 2.32. The molecule has 134 valence electrons. The number of hydrogen-bond acceptors (Lipinski definition) is 4. The molecule has 4 aromatic rings. The monoisotopic (exact) mass is 362 g/mol. The number of anilines is 1. The maximum absolute atomic E-state index is 13.4. The van der Waals surface area contributed by atoms with Crippen molar-refractivity contribution in [2.45, 2.75) is 0 Å². The standard InChI is InChI=1S/C21H15FN2O3/c1-26-18-10-9-14(21-24-16-7-2-3-8-19(16)27-21)12-17(18)23-20(25)13-5-4-6-15(22)11-13/h2-12H,1H3,(H,23,25). The second-order valence-electron chi connectivity index (χ2n) is 5.87. The van der Waals surface area contributed by atoms with Crippen molar-refractivity contribution in [2.24, 2.45) is 0 Å². The molecule has 0 radical (unpaired) electrons. The molecular formula is C21H15FN2O3. The summed E-state index contributed by atoms with van der Waals surface area (Å²) in [5, 5.41) is 2.75. The Hall–Kier alpha value is -3.67. The van der Waals surface area contributed by atoms with Gasteiger partial charge in [-0.1, -0.05) is 18.2 Å². The Balaban J connectivity index is 1.69. The number of methoxy groups -OCH3 is 1. The Kier molecular flexibility index (Phi) is 4.30. The number of carbonyl (C=O) groups excluding carboxylic acids is 1. The Morgan fingerprint density at radius 2 is 1.93 bits per heavy atom. The van der Waals surface area contributed by atoms with E-state index < -0.39 is 11.7 Å². The van der Waals surface area contributed by atoms with Crippen LogP contribution in [-0.2, 0) is 0 Å². The van der Waals surface area contributed by atoms with Crippen LogP contribution in [0.15, 0.2) is 71.1 Å². The van der Waals surface area contributed by atoms with E-state index in [-0.39, 0.29) is 5.56 Å². The van der Waals surface area contributed by atoms with Gasteiger partial charge in [0.2, 0.25) is 5.89 Å². The number of benzene rings is 3. The zero-order chi connectivity index (χ0) is 18.8. The molecule has 0 spiro atoms. The number of nitrogens with zero attached hydrogens (tertiary/aromatic N) is 1. The fourth-order valence-corrected chi connectivity index (χ4v) is 2.76. The van der Waals surface area contributed by atoms with Crippen LogP contribution >= 0.6 is 0 Å². The van der Waals surface area contributed by atoms with Crippen LogP contribution < -0.4 is 10.1 Å². The molecule has 0 saturated carbocycles. The van der Waals surface area contributed by atoms with Gasteiger partial charge in [-0.25, -0.2) is 9.37 Å². The molecule has 0 aliphatic heterocycles. The van der Waals surface area contributed by atoms with Gasteiger partial charge in [0, 0.05) is 11.1 Å². The second-order valence-corrected chi connectivity index (χ2v) is 5.87. The Bertz CT molecular complexity index is 1100. The number of aromatic nitrogens is 1. The van der Waals surface area contributed by atoms with E-state index in [1.54, 1.807) is 18.2 Å². The van der Waals surface area contributed by atoms with E-state index in [1.807, 2.05) is 24.3 Å². The first kappa shape index (κ1) is 16.8. The van der Waals surface area contributed by atoms with Crippen molar-refractivity contribution in [1.29, 1.82) is 0 Å². The smallest absolute Gasteiger partial charge is 0.255 e.